The molecule has 108 valence electrons. The smallest absolute Gasteiger partial charge is 0.314 e. The zero-order chi connectivity index (χ0) is 14.8. The average Bonchev–Trinajstić information content (AvgIpc) is 2.34. The molecule has 0 fully saturated rings. The van der Waals surface area contributed by atoms with E-state index in [4.69, 9.17) is 0 Å². The van der Waals surface area contributed by atoms with Crippen LogP contribution in [-0.4, -0.2) is 36.7 Å². The van der Waals surface area contributed by atoms with Gasteiger partial charge in [-0.2, -0.15) is 8.78 Å². The molecule has 19 heavy (non-hydrogen) atoms. The molecular formula is C13H20F2N2O2. The first-order valence-electron chi connectivity index (χ1n) is 5.99. The summed E-state index contributed by atoms with van der Waals surface area (Å²) in [4.78, 5) is 22.5. The Morgan fingerprint density at radius 2 is 2.05 bits per heavy atom. The number of carbonyl (C=O) groups is 2. The molecule has 0 aliphatic rings. The summed E-state index contributed by atoms with van der Waals surface area (Å²) in [5, 5.41) is 2.38. The molecule has 4 nitrogen and oxygen atoms in total. The molecule has 0 aromatic heterocycles. The number of Topliss-reactive ketones (excluding diaryl/α,β-unsaturated/α-hetero) is 1. The number of nitrogens with zero attached hydrogens (tertiary/aromatic N) is 1. The molecule has 0 radical (unpaired) electrons. The maximum absolute atomic E-state index is 12.5. The second-order valence-electron chi connectivity index (χ2n) is 4.11. The molecule has 0 heterocycles. The number of hydrogen-bond acceptors (Lipinski definition) is 3. The van der Waals surface area contributed by atoms with Crippen LogP contribution >= 0.6 is 0 Å². The Hall–Kier alpha value is -1.72. The third kappa shape index (κ3) is 7.33. The molecule has 0 bridgehead atoms. The SMILES string of the molecule is CC/C=C/C(=C\N(C)C(F)F)CC(NC=O)C(C)=O. The van der Waals surface area contributed by atoms with Crippen molar-refractivity contribution in [1.82, 2.24) is 10.2 Å². The summed E-state index contributed by atoms with van der Waals surface area (Å²) < 4.78 is 24.9. The standard InChI is InChI=1S/C13H20F2N2O2/c1-4-5-6-11(8-17(3)13(14)15)7-12(10(2)19)16-9-18/h5-6,8-9,12-13H,4,7H2,1-3H3,(H,16,18)/b6-5+,11-8+. The van der Waals surface area contributed by atoms with Crippen LogP contribution in [0.4, 0.5) is 8.78 Å². The van der Waals surface area contributed by atoms with Gasteiger partial charge in [-0.1, -0.05) is 19.1 Å². The third-order valence-electron chi connectivity index (χ3n) is 2.44. The van der Waals surface area contributed by atoms with Gasteiger partial charge in [0.1, 0.15) is 0 Å². The second kappa shape index (κ2) is 9.24. The number of allylic oxidation sites excluding steroid dienone is 2. The Bertz CT molecular complexity index is 355. The molecule has 0 aliphatic heterocycles. The van der Waals surface area contributed by atoms with E-state index in [0.29, 0.717) is 12.0 Å². The normalized spacial score (nSPS) is 13.7. The van der Waals surface area contributed by atoms with Gasteiger partial charge in [0.15, 0.2) is 5.78 Å². The van der Waals surface area contributed by atoms with Gasteiger partial charge in [-0.05, 0) is 18.9 Å². The van der Waals surface area contributed by atoms with E-state index in [1.807, 2.05) is 13.0 Å². The summed E-state index contributed by atoms with van der Waals surface area (Å²) in [6, 6.07) is -0.698. The van der Waals surface area contributed by atoms with Crippen molar-refractivity contribution in [3.63, 3.8) is 0 Å². The van der Waals surface area contributed by atoms with Crippen LogP contribution in [-0.2, 0) is 9.59 Å². The zero-order valence-corrected chi connectivity index (χ0v) is 11.4. The Morgan fingerprint density at radius 1 is 1.42 bits per heavy atom. The molecule has 6 heteroatoms. The summed E-state index contributed by atoms with van der Waals surface area (Å²) >= 11 is 0. The first-order valence-corrected chi connectivity index (χ1v) is 5.99. The van der Waals surface area contributed by atoms with Gasteiger partial charge in [0.25, 0.3) is 0 Å². The molecule has 0 aromatic rings. The van der Waals surface area contributed by atoms with Crippen LogP contribution in [0.25, 0.3) is 0 Å². The zero-order valence-electron chi connectivity index (χ0n) is 11.4. The lowest BCUT2D eigenvalue weighted by atomic mass is 10.0. The Labute approximate surface area is 112 Å². The second-order valence-corrected chi connectivity index (χ2v) is 4.11. The molecule has 0 saturated carbocycles. The highest BCUT2D eigenvalue weighted by Gasteiger charge is 2.15. The summed E-state index contributed by atoms with van der Waals surface area (Å²) in [6.07, 6.45) is 6.14. The van der Waals surface area contributed by atoms with E-state index in [0.717, 1.165) is 11.3 Å². The maximum atomic E-state index is 12.5. The first-order chi connectivity index (χ1) is 8.92. The van der Waals surface area contributed by atoms with E-state index >= 15 is 0 Å². The van der Waals surface area contributed by atoms with Crippen LogP contribution in [0.2, 0.25) is 0 Å². The van der Waals surface area contributed by atoms with Crippen LogP contribution in [0, 0.1) is 0 Å². The molecule has 1 amide bonds. The first kappa shape index (κ1) is 17.3. The maximum Gasteiger partial charge on any atom is 0.314 e. The van der Waals surface area contributed by atoms with Crippen LogP contribution < -0.4 is 5.32 Å². The van der Waals surface area contributed by atoms with Crippen molar-refractivity contribution >= 4 is 12.2 Å². The number of halogens is 2. The van der Waals surface area contributed by atoms with Gasteiger partial charge < -0.3 is 10.2 Å². The van der Waals surface area contributed by atoms with Crippen LogP contribution in [0.5, 0.6) is 0 Å². The topological polar surface area (TPSA) is 49.4 Å². The van der Waals surface area contributed by atoms with Gasteiger partial charge in [0, 0.05) is 19.7 Å². The number of hydrogen-bond donors (Lipinski definition) is 1. The monoisotopic (exact) mass is 274 g/mol. The lowest BCUT2D eigenvalue weighted by Crippen LogP contribution is -2.34. The molecule has 1 atom stereocenters. The highest BCUT2D eigenvalue weighted by Crippen LogP contribution is 2.12. The van der Waals surface area contributed by atoms with E-state index in [1.165, 1.54) is 20.2 Å². The van der Waals surface area contributed by atoms with Crippen molar-refractivity contribution in [3.05, 3.63) is 23.9 Å². The molecule has 1 N–H and O–H groups in total. The Balaban J connectivity index is 4.98. The highest BCUT2D eigenvalue weighted by atomic mass is 19.3. The van der Waals surface area contributed by atoms with E-state index < -0.39 is 12.6 Å². The van der Waals surface area contributed by atoms with Gasteiger partial charge >= 0.3 is 6.55 Å². The number of rotatable bonds is 9. The number of carbonyl (C=O) groups excluding carboxylic acids is 2. The summed E-state index contributed by atoms with van der Waals surface area (Å²) in [7, 11) is 1.25. The number of alkyl halides is 2. The van der Waals surface area contributed by atoms with Gasteiger partial charge in [-0.3, -0.25) is 9.59 Å². The van der Waals surface area contributed by atoms with Crippen LogP contribution in [0.3, 0.4) is 0 Å². The van der Waals surface area contributed by atoms with Crippen molar-refractivity contribution in [3.8, 4) is 0 Å². The molecule has 0 spiro atoms. The largest absolute Gasteiger partial charge is 0.349 e. The van der Waals surface area contributed by atoms with Crippen LogP contribution in [0.15, 0.2) is 23.9 Å². The minimum absolute atomic E-state index is 0.182. The van der Waals surface area contributed by atoms with Gasteiger partial charge in [-0.25, -0.2) is 0 Å². The molecule has 0 aliphatic carbocycles. The van der Waals surface area contributed by atoms with Crippen molar-refractivity contribution in [2.75, 3.05) is 7.05 Å². The van der Waals surface area contributed by atoms with Gasteiger partial charge in [-0.15, -0.1) is 0 Å². The van der Waals surface area contributed by atoms with Crippen LogP contribution in [0.1, 0.15) is 26.7 Å². The van der Waals surface area contributed by atoms with E-state index in [-0.39, 0.29) is 12.2 Å². The molecule has 1 unspecified atom stereocenters. The van der Waals surface area contributed by atoms with E-state index in [2.05, 4.69) is 5.32 Å². The Kier molecular flexibility index (Phi) is 8.41. The van der Waals surface area contributed by atoms with Crippen molar-refractivity contribution in [1.29, 1.82) is 0 Å². The molecule has 0 rings (SSSR count). The summed E-state index contributed by atoms with van der Waals surface area (Å²) in [6.45, 7) is 0.649. The van der Waals surface area contributed by atoms with Crippen molar-refractivity contribution in [2.24, 2.45) is 0 Å². The van der Waals surface area contributed by atoms with Gasteiger partial charge in [0.05, 0.1) is 6.04 Å². The van der Waals surface area contributed by atoms with E-state index in [1.54, 1.807) is 6.08 Å². The number of ketones is 1. The third-order valence-corrected chi connectivity index (χ3v) is 2.44. The number of amides is 1. The number of nitrogens with one attached hydrogen (secondary N) is 1. The average molecular weight is 274 g/mol. The predicted molar refractivity (Wildman–Crippen MR) is 69.6 cm³/mol. The summed E-state index contributed by atoms with van der Waals surface area (Å²) in [5.74, 6) is -0.220. The minimum Gasteiger partial charge on any atom is -0.349 e. The molecule has 0 aromatic carbocycles. The lowest BCUT2D eigenvalue weighted by molar-refractivity contribution is -0.121. The van der Waals surface area contributed by atoms with Gasteiger partial charge in [0.2, 0.25) is 6.41 Å². The minimum atomic E-state index is -2.61. The highest BCUT2D eigenvalue weighted by molar-refractivity contribution is 5.83. The lowest BCUT2D eigenvalue weighted by Gasteiger charge is -2.17. The molecule has 0 saturated heterocycles. The fraction of sp³-hybridized carbons (Fsp3) is 0.538. The van der Waals surface area contributed by atoms with E-state index in [9.17, 15) is 18.4 Å². The predicted octanol–water partition coefficient (Wildman–Crippen LogP) is 2.08. The molecular weight excluding hydrogens is 254 g/mol. The van der Waals surface area contributed by atoms with Crippen molar-refractivity contribution in [2.45, 2.75) is 39.3 Å². The van der Waals surface area contributed by atoms with Crippen molar-refractivity contribution < 1.29 is 18.4 Å². The fourth-order valence-electron chi connectivity index (χ4n) is 1.39. The quantitative estimate of drug-likeness (QED) is 0.398. The Morgan fingerprint density at radius 3 is 2.47 bits per heavy atom. The fourth-order valence-corrected chi connectivity index (χ4v) is 1.39. The summed E-state index contributed by atoms with van der Waals surface area (Å²) in [5.41, 5.74) is 0.555.